The van der Waals surface area contributed by atoms with Gasteiger partial charge in [0.1, 0.15) is 0 Å². The summed E-state index contributed by atoms with van der Waals surface area (Å²) in [6.07, 6.45) is 7.51. The molecule has 0 saturated carbocycles. The van der Waals surface area contributed by atoms with E-state index in [1.54, 1.807) is 10.7 Å². The molecule has 0 radical (unpaired) electrons. The van der Waals surface area contributed by atoms with Gasteiger partial charge in [-0.3, -0.25) is 0 Å². The molecule has 0 N–H and O–H groups in total. The van der Waals surface area contributed by atoms with Crippen molar-refractivity contribution in [2.24, 2.45) is 0 Å². The fourth-order valence-electron chi connectivity index (χ4n) is 3.13. The molecule has 5 nitrogen and oxygen atoms in total. The fraction of sp³-hybridized carbons (Fsp3) is 0.235. The van der Waals surface area contributed by atoms with Gasteiger partial charge in [-0.2, -0.15) is 5.10 Å². The molecule has 4 rings (SSSR count). The molecule has 7 heteroatoms. The van der Waals surface area contributed by atoms with Gasteiger partial charge >= 0.3 is 0 Å². The first-order valence-corrected chi connectivity index (χ1v) is 8.78. The zero-order valence-corrected chi connectivity index (χ0v) is 14.6. The van der Waals surface area contributed by atoms with Gasteiger partial charge < -0.3 is 4.90 Å². The number of aromatic nitrogens is 3. The average Bonchev–Trinajstić information content (AvgIpc) is 3.02. The Bertz CT molecular complexity index is 907. The van der Waals surface area contributed by atoms with Gasteiger partial charge in [-0.15, -0.1) is 0 Å². The van der Waals surface area contributed by atoms with Crippen LogP contribution >= 0.6 is 15.9 Å². The summed E-state index contributed by atoms with van der Waals surface area (Å²) in [4.78, 5) is 6.81. The topological polar surface area (TPSA) is 57.2 Å². The highest BCUT2D eigenvalue weighted by molar-refractivity contribution is 9.10. The predicted molar refractivity (Wildman–Crippen MR) is 99.3 cm³/mol. The fourth-order valence-corrected chi connectivity index (χ4v) is 3.50. The van der Waals surface area contributed by atoms with Crippen molar-refractivity contribution in [1.82, 2.24) is 14.6 Å². The van der Waals surface area contributed by atoms with Crippen LogP contribution in [0.1, 0.15) is 0 Å². The van der Waals surface area contributed by atoms with E-state index in [1.165, 1.54) is 5.69 Å². The predicted octanol–water partition coefficient (Wildman–Crippen LogP) is 3.54. The molecule has 1 aliphatic heterocycles. The minimum Gasteiger partial charge on any atom is -0.373 e. The molecule has 1 fully saturated rings. The molecule has 0 bridgehead atoms. The lowest BCUT2D eigenvalue weighted by molar-refractivity contribution is 0.822. The maximum atomic E-state index is 9.00. The number of fused-ring (bicyclic) bond motifs is 1. The first kappa shape index (κ1) is 15.2. The number of hydrogen-bond acceptors (Lipinski definition) is 4. The zero-order chi connectivity index (χ0) is 16.5. The van der Waals surface area contributed by atoms with Crippen molar-refractivity contribution in [1.29, 1.82) is 5.26 Å². The Labute approximate surface area is 149 Å². The lowest BCUT2D eigenvalue weighted by atomic mass is 9.45. The van der Waals surface area contributed by atoms with Crippen LogP contribution in [0.5, 0.6) is 0 Å². The third-order valence-corrected chi connectivity index (χ3v) is 5.12. The molecule has 24 heavy (non-hydrogen) atoms. The van der Waals surface area contributed by atoms with E-state index in [4.69, 9.17) is 5.26 Å². The van der Waals surface area contributed by atoms with E-state index < -0.39 is 0 Å². The molecule has 1 saturated heterocycles. The summed E-state index contributed by atoms with van der Waals surface area (Å²) >= 11 is 3.44. The van der Waals surface area contributed by atoms with Gasteiger partial charge in [-0.1, -0.05) is 12.1 Å². The molecule has 2 aromatic heterocycles. The number of halogens is 1. The summed E-state index contributed by atoms with van der Waals surface area (Å²) in [6.45, 7) is 2.12. The monoisotopic (exact) mass is 379 g/mol. The first-order chi connectivity index (χ1) is 11.7. The third kappa shape index (κ3) is 2.78. The number of rotatable bonds is 2. The standard InChI is InChI=1S/C17H15BBrN5/c19-16-10-22-24-11-14(9-21-17(16)24)13-1-3-15(4-2-13)23-7-5-18(12-20)6-8-23/h1-4,9-11H,5-8H2. The first-order valence-electron chi connectivity index (χ1n) is 7.98. The molecular formula is C17H15BBrN5. The number of benzene rings is 1. The van der Waals surface area contributed by atoms with Gasteiger partial charge in [-0.05, 0) is 46.3 Å². The molecule has 0 atom stereocenters. The van der Waals surface area contributed by atoms with Crippen LogP contribution in [0.2, 0.25) is 12.6 Å². The Kier molecular flexibility index (Phi) is 3.99. The van der Waals surface area contributed by atoms with Crippen molar-refractivity contribution in [2.45, 2.75) is 12.6 Å². The van der Waals surface area contributed by atoms with Crippen LogP contribution in [0.3, 0.4) is 0 Å². The molecule has 118 valence electrons. The summed E-state index contributed by atoms with van der Waals surface area (Å²) in [5, 5.41) is 13.3. The van der Waals surface area contributed by atoms with Gasteiger partial charge in [0.15, 0.2) is 5.65 Å². The lowest BCUT2D eigenvalue weighted by Crippen LogP contribution is -2.36. The van der Waals surface area contributed by atoms with Crippen LogP contribution in [0.4, 0.5) is 5.69 Å². The molecule has 1 aromatic carbocycles. The molecule has 0 unspecified atom stereocenters. The second-order valence-electron chi connectivity index (χ2n) is 6.04. The van der Waals surface area contributed by atoms with Crippen LogP contribution in [0, 0.1) is 11.2 Å². The second-order valence-corrected chi connectivity index (χ2v) is 6.89. The zero-order valence-electron chi connectivity index (χ0n) is 13.1. The Hall–Kier alpha value is -2.33. The van der Waals surface area contributed by atoms with E-state index in [1.807, 2.05) is 12.4 Å². The maximum absolute atomic E-state index is 9.00. The quantitative estimate of drug-likeness (QED) is 0.639. The highest BCUT2D eigenvalue weighted by atomic mass is 79.9. The third-order valence-electron chi connectivity index (χ3n) is 4.56. The molecule has 0 aliphatic carbocycles. The van der Waals surface area contributed by atoms with Gasteiger partial charge in [0, 0.05) is 42.7 Å². The minimum absolute atomic E-state index is 0.215. The van der Waals surface area contributed by atoms with Crippen LogP contribution in [-0.2, 0) is 0 Å². The summed E-state index contributed by atoms with van der Waals surface area (Å²) in [5.41, 5.74) is 4.18. The van der Waals surface area contributed by atoms with Crippen LogP contribution in [-0.4, -0.2) is 34.4 Å². The van der Waals surface area contributed by atoms with Crippen molar-refractivity contribution < 1.29 is 0 Å². The van der Waals surface area contributed by atoms with E-state index in [0.717, 1.165) is 47.0 Å². The average molecular weight is 380 g/mol. The van der Waals surface area contributed by atoms with Gasteiger partial charge in [-0.25, -0.2) is 14.8 Å². The number of nitrogens with zero attached hydrogens (tertiary/aromatic N) is 5. The highest BCUT2D eigenvalue weighted by Gasteiger charge is 2.22. The van der Waals surface area contributed by atoms with Crippen molar-refractivity contribution in [2.75, 3.05) is 18.0 Å². The van der Waals surface area contributed by atoms with Crippen LogP contribution in [0.15, 0.2) is 47.3 Å². The van der Waals surface area contributed by atoms with Gasteiger partial charge in [0.05, 0.1) is 10.7 Å². The molecule has 3 heterocycles. The number of hydrogen-bond donors (Lipinski definition) is 0. The molecule has 3 aromatic rings. The highest BCUT2D eigenvalue weighted by Crippen LogP contribution is 2.26. The summed E-state index contributed by atoms with van der Waals surface area (Å²) in [6, 6.07) is 8.52. The molecular weight excluding hydrogens is 365 g/mol. The molecule has 0 amide bonds. The SMILES string of the molecule is N#CB1CCN(c2ccc(-c3cnc4c(Br)cnn4c3)cc2)CC1. The lowest BCUT2D eigenvalue weighted by Gasteiger charge is -2.30. The largest absolute Gasteiger partial charge is 0.373 e. The molecule has 0 spiro atoms. The second kappa shape index (κ2) is 6.29. The van der Waals surface area contributed by atoms with Crippen molar-refractivity contribution in [3.05, 3.63) is 47.3 Å². The normalized spacial score (nSPS) is 14.8. The van der Waals surface area contributed by atoms with Gasteiger partial charge in [0.25, 0.3) is 6.71 Å². The maximum Gasteiger partial charge on any atom is 0.271 e. The summed E-state index contributed by atoms with van der Waals surface area (Å²) in [7, 11) is 0. The number of anilines is 1. The van der Waals surface area contributed by atoms with Crippen LogP contribution < -0.4 is 4.90 Å². The van der Waals surface area contributed by atoms with E-state index >= 15 is 0 Å². The smallest absolute Gasteiger partial charge is 0.271 e. The van der Waals surface area contributed by atoms with Crippen molar-refractivity contribution in [3.63, 3.8) is 0 Å². The minimum atomic E-state index is 0.215. The van der Waals surface area contributed by atoms with E-state index in [-0.39, 0.29) is 6.71 Å². The van der Waals surface area contributed by atoms with Crippen LogP contribution in [0.25, 0.3) is 16.8 Å². The summed E-state index contributed by atoms with van der Waals surface area (Å²) < 4.78 is 2.67. The van der Waals surface area contributed by atoms with Gasteiger partial charge in [0.2, 0.25) is 0 Å². The Morgan fingerprint density at radius 1 is 1.08 bits per heavy atom. The molecule has 1 aliphatic rings. The Morgan fingerprint density at radius 2 is 1.83 bits per heavy atom. The van der Waals surface area contributed by atoms with E-state index in [9.17, 15) is 0 Å². The Morgan fingerprint density at radius 3 is 2.54 bits per heavy atom. The number of nitriles is 1. The van der Waals surface area contributed by atoms with Crippen molar-refractivity contribution in [3.8, 4) is 17.1 Å². The summed E-state index contributed by atoms with van der Waals surface area (Å²) in [5.74, 6) is 2.38. The Balaban J connectivity index is 1.55. The van der Waals surface area contributed by atoms with Crippen molar-refractivity contribution >= 4 is 34.0 Å². The van der Waals surface area contributed by atoms with E-state index in [0.29, 0.717) is 0 Å². The van der Waals surface area contributed by atoms with E-state index in [2.05, 4.69) is 61.1 Å².